The lowest BCUT2D eigenvalue weighted by Gasteiger charge is -2.21. The van der Waals surface area contributed by atoms with Gasteiger partial charge in [0.25, 0.3) is 0 Å². The van der Waals surface area contributed by atoms with Crippen molar-refractivity contribution in [3.63, 3.8) is 0 Å². The third-order valence-corrected chi connectivity index (χ3v) is 19.7. The first-order valence-electron chi connectivity index (χ1n) is 39.6. The van der Waals surface area contributed by atoms with E-state index in [1.807, 2.05) is 0 Å². The monoisotopic (exact) mass is 1400 g/mol. The van der Waals surface area contributed by atoms with Gasteiger partial charge in [-0.2, -0.15) is 0 Å². The summed E-state index contributed by atoms with van der Waals surface area (Å²) in [5.74, 6) is -1.34. The van der Waals surface area contributed by atoms with E-state index in [0.29, 0.717) is 25.7 Å². The van der Waals surface area contributed by atoms with Gasteiger partial charge in [-0.15, -0.1) is 0 Å². The van der Waals surface area contributed by atoms with E-state index in [1.54, 1.807) is 0 Å². The van der Waals surface area contributed by atoms with Gasteiger partial charge in [0.15, 0.2) is 12.2 Å². The molecule has 0 radical (unpaired) electrons. The SMILES string of the molecule is CCCCCCCCCCCCCCCCCCCC(=O)O[C@H](COC(=O)CCCCCCCCCCCCCC(C)C)COP(=O)(O)OC[C@@H](O)COP(=O)(O)OC[C@@H](COC(=O)CCCCCCCCCCCCC)OC(=O)CCCCCCCCCCCCCCC. The number of carbonyl (C=O) groups excluding carboxylic acids is 4. The lowest BCUT2D eigenvalue weighted by Crippen LogP contribution is -2.30. The average molecular weight is 1400 g/mol. The smallest absolute Gasteiger partial charge is 0.462 e. The van der Waals surface area contributed by atoms with Crippen LogP contribution in [0.4, 0.5) is 0 Å². The number of phosphoric acid groups is 2. The highest BCUT2D eigenvalue weighted by Crippen LogP contribution is 2.45. The number of esters is 4. The molecule has 0 bridgehead atoms. The largest absolute Gasteiger partial charge is 0.472 e. The van der Waals surface area contributed by atoms with Crippen molar-refractivity contribution in [2.45, 2.75) is 419 Å². The molecule has 19 heteroatoms. The maximum Gasteiger partial charge on any atom is 0.472 e. The Bertz CT molecular complexity index is 1820. The molecule has 0 saturated heterocycles. The first kappa shape index (κ1) is 93.1. The van der Waals surface area contributed by atoms with Crippen molar-refractivity contribution >= 4 is 39.5 Å². The fourth-order valence-electron chi connectivity index (χ4n) is 11.7. The highest BCUT2D eigenvalue weighted by molar-refractivity contribution is 7.47. The number of carbonyl (C=O) groups is 4. The van der Waals surface area contributed by atoms with Gasteiger partial charge in [-0.1, -0.05) is 349 Å². The molecule has 0 aromatic heterocycles. The molecule has 0 spiro atoms. The van der Waals surface area contributed by atoms with Crippen molar-refractivity contribution in [3.8, 4) is 0 Å². The highest BCUT2D eigenvalue weighted by Gasteiger charge is 2.30. The minimum absolute atomic E-state index is 0.108. The molecule has 0 aliphatic carbocycles. The van der Waals surface area contributed by atoms with Crippen LogP contribution in [0.2, 0.25) is 0 Å². The van der Waals surface area contributed by atoms with Crippen molar-refractivity contribution in [3.05, 3.63) is 0 Å². The summed E-state index contributed by atoms with van der Waals surface area (Å²) in [4.78, 5) is 72.8. The van der Waals surface area contributed by atoms with Crippen LogP contribution in [0.5, 0.6) is 0 Å². The Morgan fingerprint density at radius 3 is 0.716 bits per heavy atom. The third-order valence-electron chi connectivity index (χ3n) is 17.8. The number of hydrogen-bond donors (Lipinski definition) is 3. The summed E-state index contributed by atoms with van der Waals surface area (Å²) in [7, 11) is -9.91. The Labute approximate surface area is 581 Å². The van der Waals surface area contributed by atoms with E-state index < -0.39 is 97.5 Å². The van der Waals surface area contributed by atoms with Crippen molar-refractivity contribution in [2.75, 3.05) is 39.6 Å². The van der Waals surface area contributed by atoms with Crippen molar-refractivity contribution in [1.29, 1.82) is 0 Å². The minimum Gasteiger partial charge on any atom is -0.462 e. The normalized spacial score (nSPS) is 13.9. The molecule has 95 heavy (non-hydrogen) atoms. The fourth-order valence-corrected chi connectivity index (χ4v) is 13.3. The van der Waals surface area contributed by atoms with E-state index >= 15 is 0 Å². The summed E-state index contributed by atoms with van der Waals surface area (Å²) < 4.78 is 68.6. The van der Waals surface area contributed by atoms with Crippen LogP contribution in [0, 0.1) is 5.92 Å². The molecule has 2 unspecified atom stereocenters. The van der Waals surface area contributed by atoms with Crippen molar-refractivity contribution < 1.29 is 80.2 Å². The summed E-state index contributed by atoms with van der Waals surface area (Å²) in [5, 5.41) is 10.6. The summed E-state index contributed by atoms with van der Waals surface area (Å²) in [6.07, 6.45) is 58.1. The molecule has 0 aliphatic rings. The molecule has 5 atom stereocenters. The van der Waals surface area contributed by atoms with Crippen LogP contribution in [0.15, 0.2) is 0 Å². The topological polar surface area (TPSA) is 237 Å². The number of aliphatic hydroxyl groups is 1. The fraction of sp³-hybridized carbons (Fsp3) is 0.947. The second-order valence-electron chi connectivity index (χ2n) is 27.9. The summed E-state index contributed by atoms with van der Waals surface area (Å²) >= 11 is 0. The van der Waals surface area contributed by atoms with Crippen LogP contribution < -0.4 is 0 Å². The molecule has 0 aliphatic heterocycles. The highest BCUT2D eigenvalue weighted by atomic mass is 31.2. The van der Waals surface area contributed by atoms with Crippen LogP contribution in [-0.4, -0.2) is 96.7 Å². The first-order valence-corrected chi connectivity index (χ1v) is 42.6. The lowest BCUT2D eigenvalue weighted by atomic mass is 10.0. The molecule has 0 fully saturated rings. The first-order chi connectivity index (χ1) is 46.0. The van der Waals surface area contributed by atoms with E-state index in [4.69, 9.17) is 37.0 Å². The zero-order valence-electron chi connectivity index (χ0n) is 61.8. The van der Waals surface area contributed by atoms with Gasteiger partial charge >= 0.3 is 39.5 Å². The molecule has 0 aromatic carbocycles. The Morgan fingerprint density at radius 1 is 0.284 bits per heavy atom. The number of aliphatic hydroxyl groups excluding tert-OH is 1. The average Bonchev–Trinajstić information content (AvgIpc) is 1.42. The standard InChI is InChI=1S/C76H148O17P2/c1-6-9-12-15-18-21-24-26-27-28-29-31-36-42-47-52-57-62-76(81)93-72(66-87-74(79)60-55-50-45-40-37-32-34-38-43-48-53-58-69(4)5)68-91-95(84,85)89-64-70(77)63-88-94(82,83)90-67-71(65-86-73(78)59-54-49-44-39-33-23-20-17-14-11-8-3)92-75(80)61-56-51-46-41-35-30-25-22-19-16-13-10-7-2/h69-72,77H,6-68H2,1-5H3,(H,82,83)(H,84,85)/t70-,71+,72+/m0/s1. The summed E-state index contributed by atoms with van der Waals surface area (Å²) in [6.45, 7) is 7.30. The molecule has 0 amide bonds. The number of ether oxygens (including phenoxy) is 4. The molecule has 3 N–H and O–H groups in total. The van der Waals surface area contributed by atoms with Crippen LogP contribution in [0.3, 0.4) is 0 Å². The maximum absolute atomic E-state index is 13.1. The molecule has 0 aromatic rings. The predicted molar refractivity (Wildman–Crippen MR) is 386 cm³/mol. The zero-order chi connectivity index (χ0) is 69.8. The number of rotatable bonds is 76. The summed E-state index contributed by atoms with van der Waals surface area (Å²) in [6, 6.07) is 0. The second-order valence-corrected chi connectivity index (χ2v) is 30.8. The Hall–Kier alpha value is -1.94. The maximum atomic E-state index is 13.1. The van der Waals surface area contributed by atoms with E-state index in [-0.39, 0.29) is 25.7 Å². The van der Waals surface area contributed by atoms with Gasteiger partial charge in [0.05, 0.1) is 26.4 Å². The minimum atomic E-state index is -4.96. The van der Waals surface area contributed by atoms with Gasteiger partial charge in [0, 0.05) is 25.7 Å². The Morgan fingerprint density at radius 2 is 0.484 bits per heavy atom. The summed E-state index contributed by atoms with van der Waals surface area (Å²) in [5.41, 5.74) is 0. The van der Waals surface area contributed by atoms with Gasteiger partial charge in [0.1, 0.15) is 19.3 Å². The predicted octanol–water partition coefficient (Wildman–Crippen LogP) is 22.5. The van der Waals surface area contributed by atoms with E-state index in [2.05, 4.69) is 34.6 Å². The van der Waals surface area contributed by atoms with E-state index in [1.165, 1.54) is 225 Å². The van der Waals surface area contributed by atoms with E-state index in [9.17, 15) is 43.2 Å². The molecule has 0 rings (SSSR count). The van der Waals surface area contributed by atoms with Crippen LogP contribution >= 0.6 is 15.6 Å². The third kappa shape index (κ3) is 70.3. The van der Waals surface area contributed by atoms with Crippen LogP contribution in [0.1, 0.15) is 401 Å². The van der Waals surface area contributed by atoms with Gasteiger partial charge in [0.2, 0.25) is 0 Å². The zero-order valence-corrected chi connectivity index (χ0v) is 63.6. The molecular weight excluding hydrogens is 1250 g/mol. The van der Waals surface area contributed by atoms with Gasteiger partial charge in [-0.25, -0.2) is 9.13 Å². The second kappa shape index (κ2) is 69.2. The lowest BCUT2D eigenvalue weighted by molar-refractivity contribution is -0.161. The quantitative estimate of drug-likeness (QED) is 0.0222. The Kier molecular flexibility index (Phi) is 67.7. The van der Waals surface area contributed by atoms with Crippen molar-refractivity contribution in [1.82, 2.24) is 0 Å². The van der Waals surface area contributed by atoms with Crippen LogP contribution in [0.25, 0.3) is 0 Å². The van der Waals surface area contributed by atoms with Gasteiger partial charge in [-0.05, 0) is 31.6 Å². The molecule has 0 heterocycles. The molecule has 0 saturated carbocycles. The Balaban J connectivity index is 5.25. The van der Waals surface area contributed by atoms with Gasteiger partial charge in [-0.3, -0.25) is 37.3 Å². The number of unbranched alkanes of at least 4 members (excludes halogenated alkanes) is 48. The molecular formula is C76H148O17P2. The van der Waals surface area contributed by atoms with Crippen LogP contribution in [-0.2, 0) is 65.4 Å². The number of phosphoric ester groups is 2. The van der Waals surface area contributed by atoms with E-state index in [0.717, 1.165) is 95.8 Å². The number of hydrogen-bond acceptors (Lipinski definition) is 15. The van der Waals surface area contributed by atoms with Gasteiger partial charge < -0.3 is 33.8 Å². The molecule has 17 nitrogen and oxygen atoms in total. The molecule has 564 valence electrons. The van der Waals surface area contributed by atoms with Crippen molar-refractivity contribution in [2.24, 2.45) is 5.92 Å².